The van der Waals surface area contributed by atoms with Crippen LogP contribution in [0, 0.1) is 5.92 Å². The van der Waals surface area contributed by atoms with Gasteiger partial charge in [-0.25, -0.2) is 8.42 Å². The molecule has 3 rings (SSSR count). The van der Waals surface area contributed by atoms with Gasteiger partial charge in [0.1, 0.15) is 0 Å². The minimum Gasteiger partial charge on any atom is -0.294 e. The molecular weight excluding hydrogens is 329 g/mol. The average Bonchev–Trinajstić information content (AvgIpc) is 2.44. The number of benzene rings is 1. The second-order valence-corrected chi connectivity index (χ2v) is 8.89. The van der Waals surface area contributed by atoms with Gasteiger partial charge in [-0.1, -0.05) is 18.6 Å². The topological polar surface area (TPSA) is 51.2 Å². The van der Waals surface area contributed by atoms with Crippen molar-refractivity contribution in [3.8, 4) is 0 Å². The molecule has 1 aromatic rings. The van der Waals surface area contributed by atoms with E-state index in [0.29, 0.717) is 12.8 Å². The van der Waals surface area contributed by atoms with Crippen LogP contribution in [0.25, 0.3) is 0 Å². The molecule has 0 saturated carbocycles. The normalized spacial score (nSPS) is 30.0. The molecule has 2 fully saturated rings. The van der Waals surface area contributed by atoms with E-state index in [1.165, 1.54) is 12.1 Å². The van der Waals surface area contributed by atoms with Crippen LogP contribution in [0.15, 0.2) is 24.3 Å². The van der Waals surface area contributed by atoms with Crippen molar-refractivity contribution in [3.63, 3.8) is 0 Å². The molecule has 0 aliphatic carbocycles. The van der Waals surface area contributed by atoms with Crippen LogP contribution in [0.4, 0.5) is 13.2 Å². The third kappa shape index (κ3) is 3.03. The molecule has 2 saturated heterocycles. The predicted molar refractivity (Wildman–Crippen MR) is 78.8 cm³/mol. The Labute approximate surface area is 132 Å². The van der Waals surface area contributed by atoms with Crippen molar-refractivity contribution in [1.29, 1.82) is 0 Å². The fraction of sp³-hybridized carbons (Fsp3) is 0.562. The largest absolute Gasteiger partial charge is 0.416 e. The number of halogens is 3. The number of fused-ring (bicyclic) bond motifs is 2. The molecule has 2 aliphatic rings. The van der Waals surface area contributed by atoms with Crippen molar-refractivity contribution in [2.75, 3.05) is 0 Å². The van der Waals surface area contributed by atoms with E-state index in [-0.39, 0.29) is 24.2 Å². The van der Waals surface area contributed by atoms with E-state index >= 15 is 0 Å². The third-order valence-electron chi connectivity index (χ3n) is 4.92. The average molecular weight is 346 g/mol. The van der Waals surface area contributed by atoms with Gasteiger partial charge in [-0.15, -0.1) is 0 Å². The first kappa shape index (κ1) is 16.5. The lowest BCUT2D eigenvalue weighted by Gasteiger charge is -2.38. The summed E-state index contributed by atoms with van der Waals surface area (Å²) < 4.78 is 62.8. The van der Waals surface area contributed by atoms with Gasteiger partial charge in [0, 0.05) is 11.5 Å². The Kier molecular flexibility index (Phi) is 4.02. The molecule has 126 valence electrons. The molecule has 23 heavy (non-hydrogen) atoms. The van der Waals surface area contributed by atoms with E-state index in [9.17, 15) is 26.4 Å². The second-order valence-electron chi connectivity index (χ2n) is 6.38. The number of ketones is 1. The highest BCUT2D eigenvalue weighted by Gasteiger charge is 2.46. The van der Waals surface area contributed by atoms with Crippen LogP contribution in [0.2, 0.25) is 0 Å². The Hall–Kier alpha value is -1.37. The summed E-state index contributed by atoms with van der Waals surface area (Å²) >= 11 is 0. The summed E-state index contributed by atoms with van der Waals surface area (Å²) in [5.41, 5.74) is -0.839. The Morgan fingerprint density at radius 2 is 1.70 bits per heavy atom. The predicted octanol–water partition coefficient (Wildman–Crippen LogP) is 3.63. The highest BCUT2D eigenvalue weighted by Crippen LogP contribution is 2.40. The molecule has 0 amide bonds. The number of Topliss-reactive ketones (excluding diaryl/α,β-unsaturated/α-hetero) is 1. The molecule has 7 heteroatoms. The summed E-state index contributed by atoms with van der Waals surface area (Å²) in [6.45, 7) is 0. The molecule has 0 aromatic heterocycles. The maximum Gasteiger partial charge on any atom is 0.416 e. The van der Waals surface area contributed by atoms with Gasteiger partial charge in [-0.05, 0) is 37.8 Å². The Morgan fingerprint density at radius 3 is 2.26 bits per heavy atom. The molecular formula is C16H17F3O3S. The van der Waals surface area contributed by atoms with E-state index in [2.05, 4.69) is 0 Å². The van der Waals surface area contributed by atoms with Gasteiger partial charge in [-0.2, -0.15) is 13.2 Å². The van der Waals surface area contributed by atoms with Gasteiger partial charge in [-0.3, -0.25) is 4.79 Å². The number of carbonyl (C=O) groups is 1. The molecule has 2 unspecified atom stereocenters. The Morgan fingerprint density at radius 1 is 1.09 bits per heavy atom. The Balaban J connectivity index is 1.85. The molecule has 2 aliphatic heterocycles. The van der Waals surface area contributed by atoms with Crippen molar-refractivity contribution in [2.45, 2.75) is 48.8 Å². The van der Waals surface area contributed by atoms with Crippen LogP contribution >= 0.6 is 0 Å². The highest BCUT2D eigenvalue weighted by atomic mass is 32.2. The van der Waals surface area contributed by atoms with E-state index in [1.54, 1.807) is 0 Å². The molecule has 0 N–H and O–H groups in total. The molecule has 0 spiro atoms. The van der Waals surface area contributed by atoms with Gasteiger partial charge >= 0.3 is 6.18 Å². The first-order valence-corrected chi connectivity index (χ1v) is 9.24. The zero-order valence-electron chi connectivity index (χ0n) is 12.3. The zero-order chi connectivity index (χ0) is 16.8. The number of alkyl halides is 3. The lowest BCUT2D eigenvalue weighted by Crippen LogP contribution is -2.45. The molecule has 3 nitrogen and oxygen atoms in total. The highest BCUT2D eigenvalue weighted by molar-refractivity contribution is 7.92. The fourth-order valence-electron chi connectivity index (χ4n) is 3.71. The van der Waals surface area contributed by atoms with E-state index in [4.69, 9.17) is 0 Å². The quantitative estimate of drug-likeness (QED) is 0.769. The standard InChI is InChI=1S/C16H17F3O3S/c17-16(18,19)12-4-1-3-10(7-12)15(20)11-8-13-5-2-6-14(9-11)23(13,21)22/h1,3-4,7,11,13-14H,2,5-6,8-9H2. The smallest absolute Gasteiger partial charge is 0.294 e. The third-order valence-corrected chi connectivity index (χ3v) is 7.64. The van der Waals surface area contributed by atoms with Crippen LogP contribution in [-0.2, 0) is 16.0 Å². The minimum absolute atomic E-state index is 0.0159. The first-order valence-electron chi connectivity index (χ1n) is 7.64. The van der Waals surface area contributed by atoms with Crippen molar-refractivity contribution in [1.82, 2.24) is 0 Å². The number of hydrogen-bond acceptors (Lipinski definition) is 3. The summed E-state index contributed by atoms with van der Waals surface area (Å²) in [4.78, 5) is 12.6. The van der Waals surface area contributed by atoms with Crippen LogP contribution in [-0.4, -0.2) is 24.7 Å². The number of sulfone groups is 1. The second kappa shape index (κ2) is 5.61. The van der Waals surface area contributed by atoms with Crippen LogP contribution in [0.1, 0.15) is 48.0 Å². The summed E-state index contributed by atoms with van der Waals surface area (Å²) in [6, 6.07) is 4.38. The number of carbonyl (C=O) groups excluding carboxylic acids is 1. The van der Waals surface area contributed by atoms with Crippen molar-refractivity contribution in [3.05, 3.63) is 35.4 Å². The van der Waals surface area contributed by atoms with E-state index in [1.807, 2.05) is 0 Å². The maximum atomic E-state index is 12.8. The number of rotatable bonds is 2. The minimum atomic E-state index is -4.50. The summed E-state index contributed by atoms with van der Waals surface area (Å²) in [5.74, 6) is -0.875. The lowest BCUT2D eigenvalue weighted by atomic mass is 9.84. The van der Waals surface area contributed by atoms with Gasteiger partial charge in [0.15, 0.2) is 15.6 Å². The fourth-order valence-corrected chi connectivity index (χ4v) is 6.24. The van der Waals surface area contributed by atoms with Gasteiger partial charge < -0.3 is 0 Å². The summed E-state index contributed by atoms with van der Waals surface area (Å²) in [5, 5.41) is -1.04. The maximum absolute atomic E-state index is 12.8. The molecule has 2 bridgehead atoms. The summed E-state index contributed by atoms with van der Waals surface area (Å²) in [6.07, 6.45) is -2.11. The summed E-state index contributed by atoms with van der Waals surface area (Å²) in [7, 11) is -3.18. The van der Waals surface area contributed by atoms with Gasteiger partial charge in [0.25, 0.3) is 0 Å². The monoisotopic (exact) mass is 346 g/mol. The van der Waals surface area contributed by atoms with Crippen molar-refractivity contribution in [2.24, 2.45) is 5.92 Å². The molecule has 2 heterocycles. The molecule has 1 aromatic carbocycles. The zero-order valence-corrected chi connectivity index (χ0v) is 13.2. The van der Waals surface area contributed by atoms with Gasteiger partial charge in [0.05, 0.1) is 16.1 Å². The van der Waals surface area contributed by atoms with Crippen LogP contribution in [0.3, 0.4) is 0 Å². The lowest BCUT2D eigenvalue weighted by molar-refractivity contribution is -0.137. The van der Waals surface area contributed by atoms with Crippen molar-refractivity contribution < 1.29 is 26.4 Å². The van der Waals surface area contributed by atoms with Gasteiger partial charge in [0.2, 0.25) is 0 Å². The molecule has 2 atom stereocenters. The van der Waals surface area contributed by atoms with Crippen molar-refractivity contribution >= 4 is 15.6 Å². The molecule has 0 radical (unpaired) electrons. The van der Waals surface area contributed by atoms with E-state index in [0.717, 1.165) is 18.6 Å². The first-order chi connectivity index (χ1) is 10.7. The van der Waals surface area contributed by atoms with Crippen LogP contribution in [0.5, 0.6) is 0 Å². The SMILES string of the molecule is O=C(c1cccc(C(F)(F)F)c1)C1CC2CCCC(C1)S2(=O)=O. The Bertz CT molecular complexity index is 704. The van der Waals surface area contributed by atoms with Crippen LogP contribution < -0.4 is 0 Å². The van der Waals surface area contributed by atoms with E-state index < -0.39 is 38.0 Å². The number of hydrogen-bond donors (Lipinski definition) is 0.